The van der Waals surface area contributed by atoms with Crippen LogP contribution in [0.4, 0.5) is 0 Å². The smallest absolute Gasteiger partial charge is 0.182 e. The standard InChI is InChI=1S/C40H26N6/c1-2-6-27(7-3-1)34-18-19-37(43-25-34)40-45-38(31-14-10-28(11-15-31)30-20-22-41-23-21-30)44-39(46-40)32-16-12-29(13-17-32)35-24-33-8-4-5-9-36(33)42-26-35/h1-26H. The van der Waals surface area contributed by atoms with Gasteiger partial charge in [-0.25, -0.2) is 15.0 Å². The summed E-state index contributed by atoms with van der Waals surface area (Å²) in [7, 11) is 0. The lowest BCUT2D eigenvalue weighted by molar-refractivity contribution is 1.06. The van der Waals surface area contributed by atoms with Crippen molar-refractivity contribution in [2.75, 3.05) is 0 Å². The van der Waals surface area contributed by atoms with Crippen molar-refractivity contribution in [3.8, 4) is 67.7 Å². The molecule has 6 nitrogen and oxygen atoms in total. The number of para-hydroxylation sites is 1. The molecule has 0 unspecified atom stereocenters. The first kappa shape index (κ1) is 27.2. The summed E-state index contributed by atoms with van der Waals surface area (Å²) < 4.78 is 0. The number of hydrogen-bond donors (Lipinski definition) is 0. The molecule has 0 aliphatic rings. The van der Waals surface area contributed by atoms with Gasteiger partial charge in [0.15, 0.2) is 17.5 Å². The summed E-state index contributed by atoms with van der Waals surface area (Å²) >= 11 is 0. The molecule has 8 aromatic rings. The minimum absolute atomic E-state index is 0.514. The van der Waals surface area contributed by atoms with Crippen molar-refractivity contribution in [1.29, 1.82) is 0 Å². The van der Waals surface area contributed by atoms with E-state index in [1.54, 1.807) is 12.4 Å². The van der Waals surface area contributed by atoms with Gasteiger partial charge in [-0.05, 0) is 52.6 Å². The Labute approximate surface area is 266 Å². The summed E-state index contributed by atoms with van der Waals surface area (Å²) in [6, 6.07) is 45.0. The van der Waals surface area contributed by atoms with E-state index in [1.165, 1.54) is 0 Å². The molecule has 0 N–H and O–H groups in total. The first-order valence-electron chi connectivity index (χ1n) is 15.0. The number of benzene rings is 4. The third-order valence-electron chi connectivity index (χ3n) is 7.96. The highest BCUT2D eigenvalue weighted by Crippen LogP contribution is 2.29. The van der Waals surface area contributed by atoms with Gasteiger partial charge < -0.3 is 0 Å². The van der Waals surface area contributed by atoms with Crippen LogP contribution < -0.4 is 0 Å². The minimum Gasteiger partial charge on any atom is -0.265 e. The van der Waals surface area contributed by atoms with E-state index in [0.717, 1.165) is 55.4 Å². The zero-order valence-corrected chi connectivity index (χ0v) is 24.7. The molecule has 0 saturated heterocycles. The van der Waals surface area contributed by atoms with E-state index in [1.807, 2.05) is 91.3 Å². The molecule has 0 saturated carbocycles. The molecule has 46 heavy (non-hydrogen) atoms. The summed E-state index contributed by atoms with van der Waals surface area (Å²) in [6.45, 7) is 0. The van der Waals surface area contributed by atoms with Crippen LogP contribution in [0.3, 0.4) is 0 Å². The largest absolute Gasteiger partial charge is 0.265 e. The first-order chi connectivity index (χ1) is 22.8. The molecule has 4 aromatic heterocycles. The zero-order valence-electron chi connectivity index (χ0n) is 24.7. The van der Waals surface area contributed by atoms with Crippen LogP contribution in [0.5, 0.6) is 0 Å². The van der Waals surface area contributed by atoms with Crippen LogP contribution >= 0.6 is 0 Å². The number of fused-ring (bicyclic) bond motifs is 1. The second-order valence-corrected chi connectivity index (χ2v) is 10.9. The molecule has 0 aliphatic heterocycles. The topological polar surface area (TPSA) is 77.3 Å². The van der Waals surface area contributed by atoms with E-state index in [2.05, 4.69) is 64.6 Å². The van der Waals surface area contributed by atoms with Crippen LogP contribution in [0.25, 0.3) is 78.6 Å². The molecule has 0 amide bonds. The van der Waals surface area contributed by atoms with E-state index >= 15 is 0 Å². The first-order valence-corrected chi connectivity index (χ1v) is 15.0. The van der Waals surface area contributed by atoms with Crippen LogP contribution in [0, 0.1) is 0 Å². The van der Waals surface area contributed by atoms with Crippen LogP contribution in [-0.4, -0.2) is 29.9 Å². The quantitative estimate of drug-likeness (QED) is 0.192. The van der Waals surface area contributed by atoms with Gasteiger partial charge in [0.1, 0.15) is 5.69 Å². The molecule has 4 heterocycles. The molecule has 0 spiro atoms. The second-order valence-electron chi connectivity index (χ2n) is 10.9. The fourth-order valence-electron chi connectivity index (χ4n) is 5.47. The Hall–Kier alpha value is -6.40. The molecule has 0 radical (unpaired) electrons. The van der Waals surface area contributed by atoms with Gasteiger partial charge >= 0.3 is 0 Å². The van der Waals surface area contributed by atoms with Crippen molar-refractivity contribution < 1.29 is 0 Å². The maximum Gasteiger partial charge on any atom is 0.182 e. The molecule has 0 bridgehead atoms. The molecule has 4 aromatic carbocycles. The van der Waals surface area contributed by atoms with Crippen molar-refractivity contribution in [3.05, 3.63) is 158 Å². The third kappa shape index (κ3) is 5.51. The summed E-state index contributed by atoms with van der Waals surface area (Å²) in [4.78, 5) is 28.3. The SMILES string of the molecule is c1ccc(-c2ccc(-c3nc(-c4ccc(-c5ccncc5)cc4)nc(-c4ccc(-c5cnc6ccccc6c5)cc4)n3)nc2)cc1. The van der Waals surface area contributed by atoms with Crippen molar-refractivity contribution in [2.45, 2.75) is 0 Å². The van der Waals surface area contributed by atoms with Crippen molar-refractivity contribution >= 4 is 10.9 Å². The molecule has 8 rings (SSSR count). The Morgan fingerprint density at radius 2 is 0.870 bits per heavy atom. The van der Waals surface area contributed by atoms with Gasteiger partial charge in [-0.1, -0.05) is 103 Å². The highest BCUT2D eigenvalue weighted by molar-refractivity contribution is 5.84. The van der Waals surface area contributed by atoms with Crippen molar-refractivity contribution in [2.24, 2.45) is 0 Å². The molecule has 0 aliphatic carbocycles. The number of hydrogen-bond acceptors (Lipinski definition) is 6. The van der Waals surface area contributed by atoms with Crippen molar-refractivity contribution in [3.63, 3.8) is 0 Å². The second kappa shape index (κ2) is 11.9. The lowest BCUT2D eigenvalue weighted by Gasteiger charge is -2.10. The Balaban J connectivity index is 1.18. The Kier molecular flexibility index (Phi) is 7.05. The van der Waals surface area contributed by atoms with Crippen LogP contribution in [0.2, 0.25) is 0 Å². The number of rotatable bonds is 6. The van der Waals surface area contributed by atoms with E-state index < -0.39 is 0 Å². The Bertz CT molecular complexity index is 2170. The average Bonchev–Trinajstić information content (AvgIpc) is 3.15. The molecule has 216 valence electrons. The normalized spacial score (nSPS) is 11.0. The maximum atomic E-state index is 4.94. The van der Waals surface area contributed by atoms with Gasteiger partial charge in [0.2, 0.25) is 0 Å². The third-order valence-corrected chi connectivity index (χ3v) is 7.96. The van der Waals surface area contributed by atoms with Crippen LogP contribution in [-0.2, 0) is 0 Å². The molecule has 0 fully saturated rings. The van der Waals surface area contributed by atoms with Gasteiger partial charge in [-0.2, -0.15) is 0 Å². The predicted molar refractivity (Wildman–Crippen MR) is 183 cm³/mol. The predicted octanol–water partition coefficient (Wildman–Crippen LogP) is 9.21. The number of nitrogens with zero attached hydrogens (tertiary/aromatic N) is 6. The molecule has 0 atom stereocenters. The molecular weight excluding hydrogens is 564 g/mol. The van der Waals surface area contributed by atoms with E-state index in [4.69, 9.17) is 19.9 Å². The number of pyridine rings is 3. The van der Waals surface area contributed by atoms with E-state index in [9.17, 15) is 0 Å². The lowest BCUT2D eigenvalue weighted by Crippen LogP contribution is -2.01. The average molecular weight is 591 g/mol. The molecule has 6 heteroatoms. The fraction of sp³-hybridized carbons (Fsp3) is 0. The summed E-state index contributed by atoms with van der Waals surface area (Å²) in [5.41, 5.74) is 9.89. The molecular formula is C40H26N6. The minimum atomic E-state index is 0.514. The van der Waals surface area contributed by atoms with Gasteiger partial charge in [0.25, 0.3) is 0 Å². The van der Waals surface area contributed by atoms with Crippen LogP contribution in [0.1, 0.15) is 0 Å². The summed E-state index contributed by atoms with van der Waals surface area (Å²) in [5.74, 6) is 1.67. The Morgan fingerprint density at radius 1 is 0.348 bits per heavy atom. The highest BCUT2D eigenvalue weighted by atomic mass is 15.0. The number of aromatic nitrogens is 6. The van der Waals surface area contributed by atoms with Gasteiger partial charge in [0.05, 0.1) is 5.52 Å². The van der Waals surface area contributed by atoms with Crippen LogP contribution in [0.15, 0.2) is 158 Å². The van der Waals surface area contributed by atoms with Gasteiger partial charge in [-0.15, -0.1) is 0 Å². The fourth-order valence-corrected chi connectivity index (χ4v) is 5.47. The zero-order chi connectivity index (χ0) is 30.7. The Morgan fingerprint density at radius 3 is 1.54 bits per heavy atom. The lowest BCUT2D eigenvalue weighted by atomic mass is 10.0. The van der Waals surface area contributed by atoms with Gasteiger partial charge in [0, 0.05) is 52.4 Å². The summed E-state index contributed by atoms with van der Waals surface area (Å²) in [6.07, 6.45) is 7.37. The van der Waals surface area contributed by atoms with E-state index in [-0.39, 0.29) is 0 Å². The van der Waals surface area contributed by atoms with E-state index in [0.29, 0.717) is 23.2 Å². The maximum absolute atomic E-state index is 4.94. The monoisotopic (exact) mass is 590 g/mol. The van der Waals surface area contributed by atoms with Gasteiger partial charge in [-0.3, -0.25) is 15.0 Å². The van der Waals surface area contributed by atoms with Crippen molar-refractivity contribution in [1.82, 2.24) is 29.9 Å². The highest BCUT2D eigenvalue weighted by Gasteiger charge is 2.14. The summed E-state index contributed by atoms with van der Waals surface area (Å²) in [5, 5.41) is 1.11.